The lowest BCUT2D eigenvalue weighted by atomic mass is 10.0. The quantitative estimate of drug-likeness (QED) is 0.319. The molecule has 0 aliphatic rings. The van der Waals surface area contributed by atoms with Gasteiger partial charge in [0.15, 0.2) is 0 Å². The van der Waals surface area contributed by atoms with E-state index in [-0.39, 0.29) is 25.0 Å². The van der Waals surface area contributed by atoms with Crippen molar-refractivity contribution in [1.29, 1.82) is 0 Å². The van der Waals surface area contributed by atoms with Gasteiger partial charge in [-0.1, -0.05) is 19.6 Å². The first-order chi connectivity index (χ1) is 13.7. The Morgan fingerprint density at radius 2 is 1.67 bits per heavy atom. The maximum absolute atomic E-state index is 13.7. The lowest BCUT2D eigenvalue weighted by Gasteiger charge is -2.26. The van der Waals surface area contributed by atoms with Crippen molar-refractivity contribution in [3.63, 3.8) is 0 Å². The number of carbonyl (C=O) groups is 2. The number of ether oxygens (including phenoxy) is 2. The summed E-state index contributed by atoms with van der Waals surface area (Å²) in [6, 6.07) is 0.710. The number of likely N-dealkylation sites (N-methyl/N-ethyl adjacent to an activating group) is 1. The standard InChI is InChI=1S/C19H26F5NO4Si/c1-25(18(27)29-8-9-30(3,4)5)15(17(26)28-2)7-6-12-10-13(20)16(14(21)11-12)19(22,23)24/h10-11,15H,6-9H2,1-5H3. The molecule has 11 heteroatoms. The van der Waals surface area contributed by atoms with Crippen LogP contribution in [0.15, 0.2) is 12.1 Å². The highest BCUT2D eigenvalue weighted by atomic mass is 28.3. The third-order valence-electron chi connectivity index (χ3n) is 4.40. The molecule has 0 radical (unpaired) electrons. The molecule has 0 aromatic heterocycles. The van der Waals surface area contributed by atoms with Crippen LogP contribution < -0.4 is 0 Å². The molecule has 0 saturated carbocycles. The van der Waals surface area contributed by atoms with Crippen LogP contribution in [0.5, 0.6) is 0 Å². The number of alkyl halides is 3. The Balaban J connectivity index is 2.89. The Bertz CT molecular complexity index is 741. The molecule has 0 aliphatic heterocycles. The third-order valence-corrected chi connectivity index (χ3v) is 6.10. The lowest BCUT2D eigenvalue weighted by molar-refractivity contribution is -0.146. The number of aryl methyl sites for hydroxylation is 1. The Kier molecular flexibility index (Phi) is 8.82. The van der Waals surface area contributed by atoms with E-state index in [2.05, 4.69) is 24.4 Å². The van der Waals surface area contributed by atoms with Crippen molar-refractivity contribution in [3.8, 4) is 0 Å². The fourth-order valence-electron chi connectivity index (χ4n) is 2.62. The van der Waals surface area contributed by atoms with Crippen molar-refractivity contribution in [2.24, 2.45) is 0 Å². The summed E-state index contributed by atoms with van der Waals surface area (Å²) >= 11 is 0. The van der Waals surface area contributed by atoms with Gasteiger partial charge in [0.2, 0.25) is 0 Å². The molecule has 1 aromatic carbocycles. The predicted octanol–water partition coefficient (Wildman–Crippen LogP) is 4.86. The summed E-state index contributed by atoms with van der Waals surface area (Å²) in [4.78, 5) is 25.3. The van der Waals surface area contributed by atoms with Crippen molar-refractivity contribution < 1.29 is 41.0 Å². The first-order valence-electron chi connectivity index (χ1n) is 9.20. The van der Waals surface area contributed by atoms with Gasteiger partial charge in [-0.15, -0.1) is 0 Å². The average molecular weight is 455 g/mol. The van der Waals surface area contributed by atoms with E-state index in [1.165, 1.54) is 7.05 Å². The number of esters is 1. The number of nitrogens with zero attached hydrogens (tertiary/aromatic N) is 1. The largest absolute Gasteiger partial charge is 0.467 e. The van der Waals surface area contributed by atoms with Gasteiger partial charge < -0.3 is 9.47 Å². The number of benzene rings is 1. The second-order valence-electron chi connectivity index (χ2n) is 8.05. The van der Waals surface area contributed by atoms with Gasteiger partial charge in [-0.25, -0.2) is 18.4 Å². The number of amides is 1. The zero-order chi connectivity index (χ0) is 23.3. The first-order valence-corrected chi connectivity index (χ1v) is 12.9. The second-order valence-corrected chi connectivity index (χ2v) is 13.7. The van der Waals surface area contributed by atoms with Crippen LogP contribution in [0.4, 0.5) is 26.7 Å². The summed E-state index contributed by atoms with van der Waals surface area (Å²) in [7, 11) is 0.979. The molecule has 170 valence electrons. The Morgan fingerprint density at radius 3 is 2.10 bits per heavy atom. The smallest absolute Gasteiger partial charge is 0.422 e. The van der Waals surface area contributed by atoms with Gasteiger partial charge >= 0.3 is 18.2 Å². The van der Waals surface area contributed by atoms with Crippen LogP contribution in [0.3, 0.4) is 0 Å². The Hall–Kier alpha value is -2.17. The molecule has 0 fully saturated rings. The van der Waals surface area contributed by atoms with E-state index < -0.39 is 49.6 Å². The molecular weight excluding hydrogens is 429 g/mol. The van der Waals surface area contributed by atoms with Crippen LogP contribution in [0.2, 0.25) is 25.7 Å². The normalized spacial score (nSPS) is 13.0. The fraction of sp³-hybridized carbons (Fsp3) is 0.579. The maximum Gasteiger partial charge on any atom is 0.422 e. The summed E-state index contributed by atoms with van der Waals surface area (Å²) in [6.07, 6.45) is -6.23. The molecule has 1 atom stereocenters. The van der Waals surface area contributed by atoms with Gasteiger partial charge in [-0.2, -0.15) is 13.2 Å². The van der Waals surface area contributed by atoms with E-state index in [9.17, 15) is 31.5 Å². The van der Waals surface area contributed by atoms with Crippen molar-refractivity contribution in [2.45, 2.75) is 50.7 Å². The van der Waals surface area contributed by atoms with Crippen LogP contribution in [0, 0.1) is 11.6 Å². The minimum atomic E-state index is -5.17. The summed E-state index contributed by atoms with van der Waals surface area (Å²) < 4.78 is 75.4. The molecule has 0 saturated heterocycles. The Labute approximate surface area is 173 Å². The molecule has 30 heavy (non-hydrogen) atoms. The fourth-order valence-corrected chi connectivity index (χ4v) is 3.34. The monoisotopic (exact) mass is 455 g/mol. The predicted molar refractivity (Wildman–Crippen MR) is 103 cm³/mol. The van der Waals surface area contributed by atoms with Crippen LogP contribution in [-0.4, -0.2) is 51.8 Å². The number of methoxy groups -OCH3 is 1. The highest BCUT2D eigenvalue weighted by Gasteiger charge is 2.38. The summed E-state index contributed by atoms with van der Waals surface area (Å²) in [5.41, 5.74) is -2.06. The average Bonchev–Trinajstić information content (AvgIpc) is 2.58. The molecule has 0 N–H and O–H groups in total. The number of halogens is 5. The zero-order valence-corrected chi connectivity index (χ0v) is 18.5. The van der Waals surface area contributed by atoms with E-state index in [1.54, 1.807) is 0 Å². The lowest BCUT2D eigenvalue weighted by Crippen LogP contribution is -2.44. The van der Waals surface area contributed by atoms with E-state index in [4.69, 9.17) is 4.74 Å². The van der Waals surface area contributed by atoms with E-state index in [0.29, 0.717) is 12.1 Å². The van der Waals surface area contributed by atoms with Crippen LogP contribution in [0.25, 0.3) is 0 Å². The summed E-state index contributed by atoms with van der Waals surface area (Å²) in [5.74, 6) is -4.27. The topological polar surface area (TPSA) is 55.8 Å². The molecule has 0 aliphatic carbocycles. The molecule has 1 amide bonds. The van der Waals surface area contributed by atoms with Gasteiger partial charge in [0, 0.05) is 15.1 Å². The molecule has 1 unspecified atom stereocenters. The van der Waals surface area contributed by atoms with Crippen molar-refractivity contribution in [2.75, 3.05) is 20.8 Å². The van der Waals surface area contributed by atoms with Crippen molar-refractivity contribution in [1.82, 2.24) is 4.90 Å². The molecule has 1 aromatic rings. The highest BCUT2D eigenvalue weighted by molar-refractivity contribution is 6.76. The minimum Gasteiger partial charge on any atom is -0.467 e. The molecular formula is C19H26F5NO4Si. The van der Waals surface area contributed by atoms with Crippen molar-refractivity contribution >= 4 is 20.1 Å². The van der Waals surface area contributed by atoms with Crippen molar-refractivity contribution in [3.05, 3.63) is 34.9 Å². The SMILES string of the molecule is COC(=O)C(CCc1cc(F)c(C(F)(F)F)c(F)c1)N(C)C(=O)OCC[Si](C)(C)C. The van der Waals surface area contributed by atoms with Gasteiger partial charge in [0.25, 0.3) is 0 Å². The number of carbonyl (C=O) groups excluding carboxylic acids is 2. The van der Waals surface area contributed by atoms with Gasteiger partial charge in [0.05, 0.1) is 13.7 Å². The molecule has 0 bridgehead atoms. The van der Waals surface area contributed by atoms with E-state index in [0.717, 1.165) is 18.1 Å². The molecule has 0 spiro atoms. The van der Waals surface area contributed by atoms with Gasteiger partial charge in [-0.3, -0.25) is 4.90 Å². The van der Waals surface area contributed by atoms with Gasteiger partial charge in [-0.05, 0) is 36.6 Å². The third kappa shape index (κ3) is 7.58. The first kappa shape index (κ1) is 25.9. The zero-order valence-electron chi connectivity index (χ0n) is 17.5. The molecule has 0 heterocycles. The number of hydrogen-bond donors (Lipinski definition) is 0. The number of rotatable bonds is 8. The Morgan fingerprint density at radius 1 is 1.13 bits per heavy atom. The highest BCUT2D eigenvalue weighted by Crippen LogP contribution is 2.34. The maximum atomic E-state index is 13.7. The second kappa shape index (κ2) is 10.2. The van der Waals surface area contributed by atoms with Crippen LogP contribution >= 0.6 is 0 Å². The molecule has 1 rings (SSSR count). The number of hydrogen-bond acceptors (Lipinski definition) is 4. The summed E-state index contributed by atoms with van der Waals surface area (Å²) in [6.45, 7) is 6.49. The van der Waals surface area contributed by atoms with Gasteiger partial charge in [0.1, 0.15) is 23.2 Å². The van der Waals surface area contributed by atoms with Crippen LogP contribution in [-0.2, 0) is 26.9 Å². The minimum absolute atomic E-state index is 0.0904. The van der Waals surface area contributed by atoms with Crippen LogP contribution in [0.1, 0.15) is 17.5 Å². The van der Waals surface area contributed by atoms with E-state index >= 15 is 0 Å². The summed E-state index contributed by atoms with van der Waals surface area (Å²) in [5, 5.41) is 0. The molecule has 5 nitrogen and oxygen atoms in total. The van der Waals surface area contributed by atoms with E-state index in [1.807, 2.05) is 0 Å².